The number of nitrogens with one attached hydrogen (secondary N) is 2. The standard InChI is InChI=1S/C18H28N4S/c1-14-6-5-11-22(13-14)17-10-9-16(12-19-17)21-18(23)20-15-7-3-2-4-8-15/h9-10,12,14-15H,2-8,11,13H2,1H3,(H2,20,21,23)/t14-/m1/s1. The third-order valence-corrected chi connectivity index (χ3v) is 5.15. The normalized spacial score (nSPS) is 22.7. The summed E-state index contributed by atoms with van der Waals surface area (Å²) in [5.74, 6) is 1.84. The van der Waals surface area contributed by atoms with Crippen molar-refractivity contribution >= 4 is 28.8 Å². The third kappa shape index (κ3) is 4.80. The molecule has 1 aromatic rings. The van der Waals surface area contributed by atoms with E-state index in [0.29, 0.717) is 6.04 Å². The molecule has 0 spiro atoms. The van der Waals surface area contributed by atoms with E-state index < -0.39 is 0 Å². The number of thiocarbonyl (C=S) groups is 1. The average molecular weight is 333 g/mol. The predicted molar refractivity (Wildman–Crippen MR) is 101 cm³/mol. The van der Waals surface area contributed by atoms with E-state index in [1.807, 2.05) is 6.20 Å². The molecule has 1 aliphatic heterocycles. The number of piperidine rings is 1. The van der Waals surface area contributed by atoms with Crippen molar-refractivity contribution in [3.05, 3.63) is 18.3 Å². The molecule has 0 amide bonds. The fraction of sp³-hybridized carbons (Fsp3) is 0.667. The van der Waals surface area contributed by atoms with Crippen LogP contribution in [0.15, 0.2) is 18.3 Å². The molecule has 0 aromatic carbocycles. The molecule has 1 atom stereocenters. The molecule has 0 radical (unpaired) electrons. The smallest absolute Gasteiger partial charge is 0.171 e. The van der Waals surface area contributed by atoms with Crippen molar-refractivity contribution in [2.45, 2.75) is 57.9 Å². The second kappa shape index (κ2) is 7.95. The van der Waals surface area contributed by atoms with E-state index in [0.717, 1.165) is 35.6 Å². The highest BCUT2D eigenvalue weighted by Crippen LogP contribution is 2.22. The quantitative estimate of drug-likeness (QED) is 0.821. The fourth-order valence-electron chi connectivity index (χ4n) is 3.64. The minimum absolute atomic E-state index is 0.533. The average Bonchev–Trinajstić information content (AvgIpc) is 2.56. The molecule has 3 rings (SSSR count). The summed E-state index contributed by atoms with van der Waals surface area (Å²) < 4.78 is 0. The van der Waals surface area contributed by atoms with Gasteiger partial charge in [0.05, 0.1) is 11.9 Å². The number of hydrogen-bond donors (Lipinski definition) is 2. The summed E-state index contributed by atoms with van der Waals surface area (Å²) in [4.78, 5) is 7.00. The van der Waals surface area contributed by atoms with Crippen LogP contribution in [0, 0.1) is 5.92 Å². The maximum atomic E-state index is 5.43. The van der Waals surface area contributed by atoms with Crippen LogP contribution < -0.4 is 15.5 Å². The van der Waals surface area contributed by atoms with Crippen molar-refractivity contribution < 1.29 is 0 Å². The zero-order valence-electron chi connectivity index (χ0n) is 14.1. The van der Waals surface area contributed by atoms with Gasteiger partial charge in [-0.05, 0) is 56.0 Å². The molecular formula is C18H28N4S. The van der Waals surface area contributed by atoms with Gasteiger partial charge >= 0.3 is 0 Å². The zero-order chi connectivity index (χ0) is 16.1. The van der Waals surface area contributed by atoms with E-state index >= 15 is 0 Å². The molecule has 5 heteroatoms. The zero-order valence-corrected chi connectivity index (χ0v) is 14.9. The monoisotopic (exact) mass is 332 g/mol. The van der Waals surface area contributed by atoms with Gasteiger partial charge in [0.15, 0.2) is 5.11 Å². The summed E-state index contributed by atoms with van der Waals surface area (Å²) >= 11 is 5.43. The Morgan fingerprint density at radius 2 is 2.00 bits per heavy atom. The summed E-state index contributed by atoms with van der Waals surface area (Å²) in [6.07, 6.45) is 10.9. The second-order valence-electron chi connectivity index (χ2n) is 7.03. The molecular weight excluding hydrogens is 304 g/mol. The molecule has 2 N–H and O–H groups in total. The van der Waals surface area contributed by atoms with Crippen molar-refractivity contribution in [2.24, 2.45) is 5.92 Å². The Morgan fingerprint density at radius 3 is 2.70 bits per heavy atom. The van der Waals surface area contributed by atoms with E-state index in [1.165, 1.54) is 44.9 Å². The molecule has 0 bridgehead atoms. The first kappa shape index (κ1) is 16.5. The first-order valence-corrected chi connectivity index (χ1v) is 9.40. The molecule has 23 heavy (non-hydrogen) atoms. The molecule has 0 unspecified atom stereocenters. The summed E-state index contributed by atoms with van der Waals surface area (Å²) in [5, 5.41) is 7.42. The van der Waals surface area contributed by atoms with E-state index in [-0.39, 0.29) is 0 Å². The lowest BCUT2D eigenvalue weighted by Crippen LogP contribution is -2.38. The van der Waals surface area contributed by atoms with Crippen LogP contribution in [0.1, 0.15) is 51.9 Å². The Hall–Kier alpha value is -1.36. The van der Waals surface area contributed by atoms with Gasteiger partial charge in [0, 0.05) is 19.1 Å². The van der Waals surface area contributed by atoms with Crippen molar-refractivity contribution in [2.75, 3.05) is 23.3 Å². The van der Waals surface area contributed by atoms with Crippen LogP contribution in [0.5, 0.6) is 0 Å². The Bertz CT molecular complexity index is 510. The third-order valence-electron chi connectivity index (χ3n) is 4.93. The lowest BCUT2D eigenvalue weighted by atomic mass is 9.96. The number of hydrogen-bond acceptors (Lipinski definition) is 3. The number of anilines is 2. The number of rotatable bonds is 3. The molecule has 126 valence electrons. The minimum Gasteiger partial charge on any atom is -0.360 e. The van der Waals surface area contributed by atoms with Crippen molar-refractivity contribution in [3.8, 4) is 0 Å². The summed E-state index contributed by atoms with van der Waals surface area (Å²) in [6.45, 7) is 4.55. The summed E-state index contributed by atoms with van der Waals surface area (Å²) in [7, 11) is 0. The van der Waals surface area contributed by atoms with Crippen molar-refractivity contribution in [1.82, 2.24) is 10.3 Å². The largest absolute Gasteiger partial charge is 0.360 e. The van der Waals surface area contributed by atoms with Crippen LogP contribution in [-0.2, 0) is 0 Å². The Morgan fingerprint density at radius 1 is 1.17 bits per heavy atom. The number of pyridine rings is 1. The second-order valence-corrected chi connectivity index (χ2v) is 7.44. The van der Waals surface area contributed by atoms with Gasteiger partial charge in [-0.3, -0.25) is 0 Å². The van der Waals surface area contributed by atoms with Gasteiger partial charge in [0.25, 0.3) is 0 Å². The highest BCUT2D eigenvalue weighted by atomic mass is 32.1. The maximum Gasteiger partial charge on any atom is 0.171 e. The minimum atomic E-state index is 0.533. The Kier molecular flexibility index (Phi) is 5.70. The van der Waals surface area contributed by atoms with Crippen LogP contribution >= 0.6 is 12.2 Å². The van der Waals surface area contributed by atoms with Crippen LogP contribution in [0.4, 0.5) is 11.5 Å². The lowest BCUT2D eigenvalue weighted by molar-refractivity contribution is 0.415. The van der Waals surface area contributed by atoms with Crippen molar-refractivity contribution in [3.63, 3.8) is 0 Å². The van der Waals surface area contributed by atoms with Gasteiger partial charge in [-0.15, -0.1) is 0 Å². The molecule has 1 aliphatic carbocycles. The number of nitrogens with zero attached hydrogens (tertiary/aromatic N) is 2. The molecule has 2 fully saturated rings. The van der Waals surface area contributed by atoms with Crippen molar-refractivity contribution in [1.29, 1.82) is 0 Å². The molecule has 2 aliphatic rings. The van der Waals surface area contributed by atoms with Gasteiger partial charge < -0.3 is 15.5 Å². The Balaban J connectivity index is 1.51. The lowest BCUT2D eigenvalue weighted by Gasteiger charge is -2.31. The maximum absolute atomic E-state index is 5.43. The summed E-state index contributed by atoms with van der Waals surface area (Å²) in [6, 6.07) is 4.71. The Labute approximate surface area is 145 Å². The van der Waals surface area contributed by atoms with Gasteiger partial charge in [-0.25, -0.2) is 4.98 Å². The van der Waals surface area contributed by atoms with Crippen LogP contribution in [0.2, 0.25) is 0 Å². The van der Waals surface area contributed by atoms with Gasteiger partial charge in [-0.2, -0.15) is 0 Å². The highest BCUT2D eigenvalue weighted by molar-refractivity contribution is 7.80. The van der Waals surface area contributed by atoms with Crippen LogP contribution in [0.3, 0.4) is 0 Å². The first-order valence-electron chi connectivity index (χ1n) is 8.99. The van der Waals surface area contributed by atoms with Crippen LogP contribution in [-0.4, -0.2) is 29.2 Å². The van der Waals surface area contributed by atoms with E-state index in [4.69, 9.17) is 12.2 Å². The highest BCUT2D eigenvalue weighted by Gasteiger charge is 2.17. The SMILES string of the molecule is C[C@@H]1CCCN(c2ccc(NC(=S)NC3CCCCC3)cn2)C1. The molecule has 4 nitrogen and oxygen atoms in total. The predicted octanol–water partition coefficient (Wildman–Crippen LogP) is 3.94. The summed E-state index contributed by atoms with van der Waals surface area (Å²) in [5.41, 5.74) is 0.965. The van der Waals surface area contributed by atoms with Gasteiger partial charge in [0.2, 0.25) is 0 Å². The van der Waals surface area contributed by atoms with Crippen LogP contribution in [0.25, 0.3) is 0 Å². The van der Waals surface area contributed by atoms with E-state index in [2.05, 4.69) is 39.6 Å². The van der Waals surface area contributed by atoms with Gasteiger partial charge in [0.1, 0.15) is 5.82 Å². The van der Waals surface area contributed by atoms with E-state index in [9.17, 15) is 0 Å². The topological polar surface area (TPSA) is 40.2 Å². The van der Waals surface area contributed by atoms with Gasteiger partial charge in [-0.1, -0.05) is 26.2 Å². The number of aromatic nitrogens is 1. The molecule has 1 aromatic heterocycles. The fourth-order valence-corrected chi connectivity index (χ4v) is 3.93. The van der Waals surface area contributed by atoms with E-state index in [1.54, 1.807) is 0 Å². The molecule has 1 saturated carbocycles. The molecule has 2 heterocycles. The first-order chi connectivity index (χ1) is 11.2. The molecule has 1 saturated heterocycles.